The molecule has 1 aliphatic carbocycles. The molecule has 0 N–H and O–H groups in total. The van der Waals surface area contributed by atoms with Gasteiger partial charge in [-0.1, -0.05) is 0 Å². The van der Waals surface area contributed by atoms with E-state index in [1.54, 1.807) is 12.1 Å². The lowest BCUT2D eigenvalue weighted by atomic mass is 9.98. The van der Waals surface area contributed by atoms with Gasteiger partial charge >= 0.3 is 6.36 Å². The highest BCUT2D eigenvalue weighted by Gasteiger charge is 2.31. The summed E-state index contributed by atoms with van der Waals surface area (Å²) in [7, 11) is 1.38. The highest BCUT2D eigenvalue weighted by Crippen LogP contribution is 2.38. The molecule has 3 nitrogen and oxygen atoms in total. The number of carbonyl (C=O) groups excluding carboxylic acids is 1. The van der Waals surface area contributed by atoms with E-state index in [-0.39, 0.29) is 17.1 Å². The van der Waals surface area contributed by atoms with Gasteiger partial charge in [-0.3, -0.25) is 4.79 Å². The third-order valence-electron chi connectivity index (χ3n) is 3.81. The molecule has 7 heteroatoms. The van der Waals surface area contributed by atoms with E-state index in [0.717, 1.165) is 11.6 Å². The lowest BCUT2D eigenvalue weighted by Crippen LogP contribution is -2.17. The first-order valence-corrected chi connectivity index (χ1v) is 7.08. The number of methoxy groups -OCH3 is 1. The molecule has 0 heterocycles. The van der Waals surface area contributed by atoms with Gasteiger partial charge in [-0.2, -0.15) is 0 Å². The second-order valence-corrected chi connectivity index (χ2v) is 5.32. The molecule has 2 aromatic rings. The van der Waals surface area contributed by atoms with E-state index < -0.39 is 17.9 Å². The van der Waals surface area contributed by atoms with E-state index in [1.807, 2.05) is 0 Å². The Hall–Kier alpha value is -2.57. The van der Waals surface area contributed by atoms with Crippen LogP contribution >= 0.6 is 0 Å². The fraction of sp³-hybridized carbons (Fsp3) is 0.235. The van der Waals surface area contributed by atoms with Crippen LogP contribution in [0, 0.1) is 5.82 Å². The summed E-state index contributed by atoms with van der Waals surface area (Å²) >= 11 is 0. The van der Waals surface area contributed by atoms with Gasteiger partial charge in [-0.25, -0.2) is 4.39 Å². The molecule has 0 radical (unpaired) electrons. The van der Waals surface area contributed by atoms with Crippen LogP contribution in [-0.4, -0.2) is 19.3 Å². The fourth-order valence-corrected chi connectivity index (χ4v) is 2.76. The van der Waals surface area contributed by atoms with Crippen LogP contribution in [0.3, 0.4) is 0 Å². The Morgan fingerprint density at radius 1 is 1.00 bits per heavy atom. The molecule has 0 saturated heterocycles. The Morgan fingerprint density at radius 3 is 2.38 bits per heavy atom. The minimum Gasteiger partial charge on any atom is -0.496 e. The summed E-state index contributed by atoms with van der Waals surface area (Å²) in [5, 5.41) is 0. The normalized spacial score (nSPS) is 13.8. The number of benzene rings is 2. The first-order valence-electron chi connectivity index (χ1n) is 7.08. The van der Waals surface area contributed by atoms with Crippen molar-refractivity contribution in [2.75, 3.05) is 7.11 Å². The molecule has 24 heavy (non-hydrogen) atoms. The number of ether oxygens (including phenoxy) is 2. The molecule has 0 bridgehead atoms. The zero-order chi connectivity index (χ0) is 17.5. The Morgan fingerprint density at radius 2 is 1.75 bits per heavy atom. The number of hydrogen-bond donors (Lipinski definition) is 0. The summed E-state index contributed by atoms with van der Waals surface area (Å²) in [6, 6.07) is 6.07. The molecule has 0 amide bonds. The van der Waals surface area contributed by atoms with Gasteiger partial charge in [0.25, 0.3) is 0 Å². The maximum absolute atomic E-state index is 14.3. The average molecular weight is 340 g/mol. The minimum atomic E-state index is -4.89. The molecule has 2 aromatic carbocycles. The van der Waals surface area contributed by atoms with Crippen LogP contribution in [0.15, 0.2) is 30.3 Å². The molecule has 0 unspecified atom stereocenters. The van der Waals surface area contributed by atoms with Crippen molar-refractivity contribution in [1.82, 2.24) is 0 Å². The van der Waals surface area contributed by atoms with Crippen LogP contribution in [0.4, 0.5) is 17.6 Å². The molecular formula is C17H12F4O3. The number of aryl methyl sites for hydroxylation is 1. The van der Waals surface area contributed by atoms with Gasteiger partial charge in [0.15, 0.2) is 5.78 Å². The van der Waals surface area contributed by atoms with Crippen molar-refractivity contribution in [2.24, 2.45) is 0 Å². The van der Waals surface area contributed by atoms with Gasteiger partial charge in [0.1, 0.15) is 17.3 Å². The summed E-state index contributed by atoms with van der Waals surface area (Å²) in [6.45, 7) is 0. The van der Waals surface area contributed by atoms with Crippen LogP contribution in [0.2, 0.25) is 0 Å². The summed E-state index contributed by atoms with van der Waals surface area (Å²) < 4.78 is 59.8. The Balaban J connectivity index is 2.05. The van der Waals surface area contributed by atoms with Crippen molar-refractivity contribution in [2.45, 2.75) is 19.2 Å². The van der Waals surface area contributed by atoms with Crippen molar-refractivity contribution in [3.63, 3.8) is 0 Å². The number of alkyl halides is 3. The molecule has 0 fully saturated rings. The lowest BCUT2D eigenvalue weighted by molar-refractivity contribution is -0.274. The van der Waals surface area contributed by atoms with Gasteiger partial charge in [0, 0.05) is 29.2 Å². The maximum atomic E-state index is 14.3. The van der Waals surface area contributed by atoms with Gasteiger partial charge < -0.3 is 9.47 Å². The molecule has 0 aromatic heterocycles. The van der Waals surface area contributed by atoms with E-state index in [4.69, 9.17) is 4.74 Å². The summed E-state index contributed by atoms with van der Waals surface area (Å²) in [5.41, 5.74) is 1.75. The number of Topliss-reactive ketones (excluding diaryl/α,β-unsaturated/α-hetero) is 1. The van der Waals surface area contributed by atoms with Gasteiger partial charge in [0.2, 0.25) is 0 Å². The van der Waals surface area contributed by atoms with Gasteiger partial charge in [-0.15, -0.1) is 13.2 Å². The molecule has 1 aliphatic rings. The Labute approximate surface area is 134 Å². The third kappa shape index (κ3) is 3.06. The van der Waals surface area contributed by atoms with Crippen molar-refractivity contribution in [1.29, 1.82) is 0 Å². The van der Waals surface area contributed by atoms with E-state index >= 15 is 0 Å². The van der Waals surface area contributed by atoms with Crippen LogP contribution in [0.5, 0.6) is 11.5 Å². The van der Waals surface area contributed by atoms with E-state index in [1.165, 1.54) is 13.2 Å². The molecular weight excluding hydrogens is 328 g/mol. The van der Waals surface area contributed by atoms with Crippen LogP contribution in [0.1, 0.15) is 22.3 Å². The van der Waals surface area contributed by atoms with Crippen LogP contribution < -0.4 is 9.47 Å². The van der Waals surface area contributed by atoms with Gasteiger partial charge in [-0.05, 0) is 36.2 Å². The zero-order valence-electron chi connectivity index (χ0n) is 12.5. The van der Waals surface area contributed by atoms with Crippen molar-refractivity contribution in [3.8, 4) is 22.6 Å². The van der Waals surface area contributed by atoms with Crippen molar-refractivity contribution in [3.05, 3.63) is 47.3 Å². The third-order valence-corrected chi connectivity index (χ3v) is 3.81. The van der Waals surface area contributed by atoms with Gasteiger partial charge in [0.05, 0.1) is 7.11 Å². The molecule has 126 valence electrons. The SMILES string of the molecule is COc1cc2c(cc1-c1ccc(OC(F)(F)F)cc1F)CCC2=O. The van der Waals surface area contributed by atoms with E-state index in [0.29, 0.717) is 30.0 Å². The predicted octanol–water partition coefficient (Wildman–Crippen LogP) is 4.53. The second kappa shape index (κ2) is 5.81. The number of carbonyl (C=O) groups is 1. The molecule has 0 spiro atoms. The molecule has 3 rings (SSSR count). The molecule has 0 aliphatic heterocycles. The fourth-order valence-electron chi connectivity index (χ4n) is 2.76. The largest absolute Gasteiger partial charge is 0.573 e. The number of halogens is 4. The lowest BCUT2D eigenvalue weighted by Gasteiger charge is -2.14. The smallest absolute Gasteiger partial charge is 0.496 e. The maximum Gasteiger partial charge on any atom is 0.573 e. The second-order valence-electron chi connectivity index (χ2n) is 5.32. The number of hydrogen-bond acceptors (Lipinski definition) is 3. The van der Waals surface area contributed by atoms with Crippen molar-refractivity contribution >= 4 is 5.78 Å². The monoisotopic (exact) mass is 340 g/mol. The Bertz CT molecular complexity index is 812. The van der Waals surface area contributed by atoms with Crippen molar-refractivity contribution < 1.29 is 31.8 Å². The van der Waals surface area contributed by atoms with Crippen LogP contribution in [0.25, 0.3) is 11.1 Å². The highest BCUT2D eigenvalue weighted by atomic mass is 19.4. The number of ketones is 1. The first kappa shape index (κ1) is 16.3. The Kier molecular flexibility index (Phi) is 3.95. The summed E-state index contributed by atoms with van der Waals surface area (Å²) in [6.07, 6.45) is -3.97. The first-order chi connectivity index (χ1) is 11.3. The summed E-state index contributed by atoms with van der Waals surface area (Å²) in [4.78, 5) is 11.8. The summed E-state index contributed by atoms with van der Waals surface area (Å²) in [5.74, 6) is -1.24. The van der Waals surface area contributed by atoms with E-state index in [9.17, 15) is 22.4 Å². The standard InChI is InChI=1S/C17H12F4O3/c1-23-16-8-12-9(2-5-15(12)22)6-13(16)11-4-3-10(7-14(11)18)24-17(19,20)21/h3-4,6-8H,2,5H2,1H3. The van der Waals surface area contributed by atoms with Crippen LogP contribution in [-0.2, 0) is 6.42 Å². The molecule has 0 saturated carbocycles. The topological polar surface area (TPSA) is 35.5 Å². The number of rotatable bonds is 3. The zero-order valence-corrected chi connectivity index (χ0v) is 12.5. The average Bonchev–Trinajstić information content (AvgIpc) is 2.85. The molecule has 0 atom stereocenters. The predicted molar refractivity (Wildman–Crippen MR) is 77.7 cm³/mol. The van der Waals surface area contributed by atoms with E-state index in [2.05, 4.69) is 4.74 Å². The highest BCUT2D eigenvalue weighted by molar-refractivity contribution is 6.01. The quantitative estimate of drug-likeness (QED) is 0.770. The minimum absolute atomic E-state index is 0.00996. The number of fused-ring (bicyclic) bond motifs is 1.